The normalized spacial score (nSPS) is 19.8. The van der Waals surface area contributed by atoms with Gasteiger partial charge in [-0.25, -0.2) is 0 Å². The van der Waals surface area contributed by atoms with Crippen molar-refractivity contribution in [2.24, 2.45) is 5.92 Å². The number of carbonyl (C=O) groups excluding carboxylic acids is 2. The molecule has 0 radical (unpaired) electrons. The molecule has 3 rings (SSSR count). The van der Waals surface area contributed by atoms with E-state index in [1.165, 1.54) is 5.56 Å². The van der Waals surface area contributed by atoms with Gasteiger partial charge in [0.2, 0.25) is 11.8 Å². The molecule has 1 aromatic rings. The summed E-state index contributed by atoms with van der Waals surface area (Å²) in [5, 5.41) is 3.25. The molecule has 148 valence electrons. The minimum absolute atomic E-state index is 0.0624. The van der Waals surface area contributed by atoms with E-state index in [1.807, 2.05) is 23.1 Å². The number of benzene rings is 1. The zero-order chi connectivity index (χ0) is 19.1. The first-order valence-electron chi connectivity index (χ1n) is 10.5. The number of piperidine rings is 2. The summed E-state index contributed by atoms with van der Waals surface area (Å²) < 4.78 is 0. The van der Waals surface area contributed by atoms with E-state index in [0.29, 0.717) is 25.6 Å². The summed E-state index contributed by atoms with van der Waals surface area (Å²) in [6.45, 7) is 6.86. The van der Waals surface area contributed by atoms with E-state index in [2.05, 4.69) is 29.3 Å². The summed E-state index contributed by atoms with van der Waals surface area (Å²) in [6.07, 6.45) is 5.02. The van der Waals surface area contributed by atoms with Crippen LogP contribution in [0.2, 0.25) is 0 Å². The monoisotopic (exact) mass is 371 g/mol. The number of aryl methyl sites for hydroxylation is 1. The Labute approximate surface area is 163 Å². The Hall–Kier alpha value is -1.88. The van der Waals surface area contributed by atoms with Gasteiger partial charge < -0.3 is 15.1 Å². The largest absolute Gasteiger partial charge is 0.353 e. The van der Waals surface area contributed by atoms with E-state index in [0.717, 1.165) is 51.7 Å². The van der Waals surface area contributed by atoms with Gasteiger partial charge in [0.05, 0.1) is 0 Å². The van der Waals surface area contributed by atoms with Gasteiger partial charge in [0.15, 0.2) is 0 Å². The van der Waals surface area contributed by atoms with E-state index in [9.17, 15) is 9.59 Å². The lowest BCUT2D eigenvalue weighted by molar-refractivity contribution is -0.135. The Balaban J connectivity index is 1.36. The Bertz CT molecular complexity index is 603. The van der Waals surface area contributed by atoms with Gasteiger partial charge in [-0.05, 0) is 44.2 Å². The summed E-state index contributed by atoms with van der Waals surface area (Å²) in [5.41, 5.74) is 1.20. The molecule has 0 spiro atoms. The van der Waals surface area contributed by atoms with Crippen LogP contribution in [0, 0.1) is 5.92 Å². The molecule has 5 heteroatoms. The zero-order valence-corrected chi connectivity index (χ0v) is 16.5. The van der Waals surface area contributed by atoms with Gasteiger partial charge in [-0.1, -0.05) is 37.3 Å². The lowest BCUT2D eigenvalue weighted by Crippen LogP contribution is -2.48. The minimum Gasteiger partial charge on any atom is -0.353 e. The lowest BCUT2D eigenvalue weighted by Gasteiger charge is -2.34. The van der Waals surface area contributed by atoms with E-state index in [4.69, 9.17) is 0 Å². The average molecular weight is 372 g/mol. The van der Waals surface area contributed by atoms with E-state index in [1.54, 1.807) is 0 Å². The van der Waals surface area contributed by atoms with E-state index < -0.39 is 0 Å². The Kier molecular flexibility index (Phi) is 7.27. The summed E-state index contributed by atoms with van der Waals surface area (Å²) in [5.74, 6) is 0.471. The smallest absolute Gasteiger partial charge is 0.223 e. The van der Waals surface area contributed by atoms with Gasteiger partial charge in [-0.15, -0.1) is 0 Å². The molecule has 0 bridgehead atoms. The second-order valence-corrected chi connectivity index (χ2v) is 7.86. The summed E-state index contributed by atoms with van der Waals surface area (Å²) in [4.78, 5) is 29.4. The molecule has 2 amide bonds. The van der Waals surface area contributed by atoms with Crippen molar-refractivity contribution in [3.05, 3.63) is 35.9 Å². The second-order valence-electron chi connectivity index (χ2n) is 7.86. The fourth-order valence-corrected chi connectivity index (χ4v) is 4.16. The van der Waals surface area contributed by atoms with Crippen LogP contribution in [0.3, 0.4) is 0 Å². The first kappa shape index (κ1) is 19.9. The summed E-state index contributed by atoms with van der Waals surface area (Å²) in [7, 11) is 0. The molecule has 0 atom stereocenters. The summed E-state index contributed by atoms with van der Waals surface area (Å²) >= 11 is 0. The highest BCUT2D eigenvalue weighted by atomic mass is 16.2. The molecule has 2 aliphatic heterocycles. The molecule has 0 aromatic heterocycles. The first-order chi connectivity index (χ1) is 13.2. The van der Waals surface area contributed by atoms with E-state index >= 15 is 0 Å². The molecule has 2 heterocycles. The average Bonchev–Trinajstić information content (AvgIpc) is 2.73. The molecule has 2 fully saturated rings. The van der Waals surface area contributed by atoms with Gasteiger partial charge in [-0.2, -0.15) is 0 Å². The molecular weight excluding hydrogens is 338 g/mol. The molecular formula is C22H33N3O2. The van der Waals surface area contributed by atoms with Crippen LogP contribution in [-0.2, 0) is 16.0 Å². The van der Waals surface area contributed by atoms with Crippen LogP contribution >= 0.6 is 0 Å². The maximum absolute atomic E-state index is 12.6. The molecule has 1 N–H and O–H groups in total. The Morgan fingerprint density at radius 3 is 2.30 bits per heavy atom. The predicted octanol–water partition coefficient (Wildman–Crippen LogP) is 2.46. The standard InChI is InChI=1S/C22H33N3O2/c1-2-24-14-12-20(13-15-24)23-22(27)19-10-16-25(17-11-19)21(26)9-8-18-6-4-3-5-7-18/h3-7,19-20H,2,8-17H2,1H3,(H,23,27). The number of amides is 2. The topological polar surface area (TPSA) is 52.7 Å². The maximum Gasteiger partial charge on any atom is 0.223 e. The van der Waals surface area contributed by atoms with Crippen LogP contribution in [0.15, 0.2) is 30.3 Å². The highest BCUT2D eigenvalue weighted by molar-refractivity contribution is 5.80. The number of hydrogen-bond acceptors (Lipinski definition) is 3. The van der Waals surface area contributed by atoms with Crippen molar-refractivity contribution in [2.75, 3.05) is 32.7 Å². The second kappa shape index (κ2) is 9.88. The number of nitrogens with zero attached hydrogens (tertiary/aromatic N) is 2. The number of hydrogen-bond donors (Lipinski definition) is 1. The first-order valence-corrected chi connectivity index (χ1v) is 10.5. The van der Waals surface area contributed by atoms with Crippen LogP contribution in [-0.4, -0.2) is 60.4 Å². The quantitative estimate of drug-likeness (QED) is 0.836. The summed E-state index contributed by atoms with van der Waals surface area (Å²) in [6, 6.07) is 10.5. The molecule has 27 heavy (non-hydrogen) atoms. The molecule has 0 unspecified atom stereocenters. The molecule has 5 nitrogen and oxygen atoms in total. The van der Waals surface area contributed by atoms with Crippen molar-refractivity contribution >= 4 is 11.8 Å². The third-order valence-electron chi connectivity index (χ3n) is 6.07. The van der Waals surface area contributed by atoms with Gasteiger partial charge >= 0.3 is 0 Å². The maximum atomic E-state index is 12.6. The van der Waals surface area contributed by atoms with Crippen LogP contribution in [0.25, 0.3) is 0 Å². The highest BCUT2D eigenvalue weighted by Crippen LogP contribution is 2.20. The molecule has 2 aliphatic rings. The van der Waals surface area contributed by atoms with Gasteiger partial charge in [0.1, 0.15) is 0 Å². The predicted molar refractivity (Wildman–Crippen MR) is 107 cm³/mol. The highest BCUT2D eigenvalue weighted by Gasteiger charge is 2.29. The van der Waals surface area contributed by atoms with Crippen molar-refractivity contribution in [3.63, 3.8) is 0 Å². The lowest BCUT2D eigenvalue weighted by atomic mass is 9.94. The molecule has 0 aliphatic carbocycles. The molecule has 1 aromatic carbocycles. The number of rotatable bonds is 6. The number of likely N-dealkylation sites (tertiary alicyclic amines) is 2. The third kappa shape index (κ3) is 5.80. The van der Waals surface area contributed by atoms with Crippen molar-refractivity contribution in [1.29, 1.82) is 0 Å². The van der Waals surface area contributed by atoms with Crippen molar-refractivity contribution in [1.82, 2.24) is 15.1 Å². The number of nitrogens with one attached hydrogen (secondary N) is 1. The Morgan fingerprint density at radius 1 is 1.00 bits per heavy atom. The van der Waals surface area contributed by atoms with Gasteiger partial charge in [0, 0.05) is 44.6 Å². The van der Waals surface area contributed by atoms with Crippen LogP contribution in [0.5, 0.6) is 0 Å². The van der Waals surface area contributed by atoms with Crippen molar-refractivity contribution < 1.29 is 9.59 Å². The molecule has 0 saturated carbocycles. The molecule has 2 saturated heterocycles. The van der Waals surface area contributed by atoms with Gasteiger partial charge in [-0.3, -0.25) is 9.59 Å². The van der Waals surface area contributed by atoms with Crippen LogP contribution in [0.4, 0.5) is 0 Å². The van der Waals surface area contributed by atoms with Gasteiger partial charge in [0.25, 0.3) is 0 Å². The van der Waals surface area contributed by atoms with E-state index in [-0.39, 0.29) is 17.7 Å². The van der Waals surface area contributed by atoms with Crippen LogP contribution in [0.1, 0.15) is 44.6 Å². The number of carbonyl (C=O) groups is 2. The van der Waals surface area contributed by atoms with Crippen molar-refractivity contribution in [2.45, 2.75) is 51.5 Å². The Morgan fingerprint density at radius 2 is 1.67 bits per heavy atom. The zero-order valence-electron chi connectivity index (χ0n) is 16.5. The van der Waals surface area contributed by atoms with Crippen molar-refractivity contribution in [3.8, 4) is 0 Å². The fraction of sp³-hybridized carbons (Fsp3) is 0.636. The van der Waals surface area contributed by atoms with Crippen LogP contribution < -0.4 is 5.32 Å². The third-order valence-corrected chi connectivity index (χ3v) is 6.07. The SMILES string of the molecule is CCN1CCC(NC(=O)C2CCN(C(=O)CCc3ccccc3)CC2)CC1. The minimum atomic E-state index is 0.0624. The fourth-order valence-electron chi connectivity index (χ4n) is 4.16.